The predicted molar refractivity (Wildman–Crippen MR) is 84.5 cm³/mol. The largest absolute Gasteiger partial charge is 0.351 e. The van der Waals surface area contributed by atoms with E-state index >= 15 is 0 Å². The van der Waals surface area contributed by atoms with E-state index in [0.29, 0.717) is 16.3 Å². The van der Waals surface area contributed by atoms with E-state index < -0.39 is 0 Å². The van der Waals surface area contributed by atoms with Gasteiger partial charge in [0.2, 0.25) is 5.91 Å². The SMILES string of the molecule is C/C(CC(=O)NC(C)(C)C)=N\NC(=O)c1cccc(Cl)c1. The molecule has 5 nitrogen and oxygen atoms in total. The van der Waals surface area contributed by atoms with Gasteiger partial charge in [-0.3, -0.25) is 9.59 Å². The Morgan fingerprint density at radius 3 is 2.52 bits per heavy atom. The summed E-state index contributed by atoms with van der Waals surface area (Å²) >= 11 is 5.81. The Morgan fingerprint density at radius 2 is 1.95 bits per heavy atom. The molecule has 21 heavy (non-hydrogen) atoms. The molecular weight excluding hydrogens is 290 g/mol. The van der Waals surface area contributed by atoms with E-state index in [0.717, 1.165) is 0 Å². The lowest BCUT2D eigenvalue weighted by Crippen LogP contribution is -2.41. The summed E-state index contributed by atoms with van der Waals surface area (Å²) in [5, 5.41) is 7.22. The molecule has 0 heterocycles. The third-order valence-electron chi connectivity index (χ3n) is 2.37. The standard InChI is InChI=1S/C15H20ClN3O2/c1-10(8-13(20)17-15(2,3)4)18-19-14(21)11-6-5-7-12(16)9-11/h5-7,9H,8H2,1-4H3,(H,17,20)(H,19,21)/b18-10+. The molecule has 1 rings (SSSR count). The van der Waals surface area contributed by atoms with Gasteiger partial charge >= 0.3 is 0 Å². The fourth-order valence-electron chi connectivity index (χ4n) is 1.57. The summed E-state index contributed by atoms with van der Waals surface area (Å²) in [6.45, 7) is 7.38. The molecule has 0 fully saturated rings. The van der Waals surface area contributed by atoms with Gasteiger partial charge in [0.05, 0.1) is 6.42 Å². The molecule has 0 aliphatic carbocycles. The molecule has 0 bridgehead atoms. The van der Waals surface area contributed by atoms with Gasteiger partial charge in [0, 0.05) is 21.8 Å². The van der Waals surface area contributed by atoms with E-state index in [1.165, 1.54) is 0 Å². The molecule has 0 aliphatic rings. The van der Waals surface area contributed by atoms with Crippen molar-refractivity contribution in [2.24, 2.45) is 5.10 Å². The van der Waals surface area contributed by atoms with Crippen molar-refractivity contribution in [1.29, 1.82) is 0 Å². The molecule has 1 aromatic rings. The van der Waals surface area contributed by atoms with Crippen molar-refractivity contribution in [2.45, 2.75) is 39.7 Å². The van der Waals surface area contributed by atoms with E-state index in [2.05, 4.69) is 15.8 Å². The van der Waals surface area contributed by atoms with Crippen LogP contribution in [0.3, 0.4) is 0 Å². The molecule has 0 atom stereocenters. The van der Waals surface area contributed by atoms with Crippen molar-refractivity contribution in [3.05, 3.63) is 34.9 Å². The number of nitrogens with zero attached hydrogens (tertiary/aromatic N) is 1. The zero-order chi connectivity index (χ0) is 16.0. The quantitative estimate of drug-likeness (QED) is 0.663. The average molecular weight is 310 g/mol. The second kappa shape index (κ2) is 7.22. The number of halogens is 1. The Morgan fingerprint density at radius 1 is 1.29 bits per heavy atom. The zero-order valence-corrected chi connectivity index (χ0v) is 13.4. The van der Waals surface area contributed by atoms with Crippen LogP contribution in [0, 0.1) is 0 Å². The maximum Gasteiger partial charge on any atom is 0.271 e. The van der Waals surface area contributed by atoms with E-state index in [1.54, 1.807) is 31.2 Å². The predicted octanol–water partition coefficient (Wildman–Crippen LogP) is 2.75. The van der Waals surface area contributed by atoms with Gasteiger partial charge in [0.15, 0.2) is 0 Å². The average Bonchev–Trinajstić information content (AvgIpc) is 2.33. The number of hydrogen-bond donors (Lipinski definition) is 2. The molecule has 114 valence electrons. The third kappa shape index (κ3) is 6.90. The first-order valence-corrected chi connectivity index (χ1v) is 6.95. The van der Waals surface area contributed by atoms with Gasteiger partial charge in [-0.2, -0.15) is 5.10 Å². The number of nitrogens with one attached hydrogen (secondary N) is 2. The van der Waals surface area contributed by atoms with Gasteiger partial charge in [-0.1, -0.05) is 17.7 Å². The second-order valence-corrected chi connectivity index (χ2v) is 6.21. The van der Waals surface area contributed by atoms with Crippen LogP contribution in [0.25, 0.3) is 0 Å². The highest BCUT2D eigenvalue weighted by Crippen LogP contribution is 2.10. The summed E-state index contributed by atoms with van der Waals surface area (Å²) in [6, 6.07) is 6.56. The Kier molecular flexibility index (Phi) is 5.90. The summed E-state index contributed by atoms with van der Waals surface area (Å²) in [5.74, 6) is -0.506. The van der Waals surface area contributed by atoms with Crippen LogP contribution in [0.1, 0.15) is 44.5 Å². The fourth-order valence-corrected chi connectivity index (χ4v) is 1.77. The van der Waals surface area contributed by atoms with E-state index in [9.17, 15) is 9.59 Å². The number of rotatable bonds is 4. The molecule has 0 saturated heterocycles. The molecule has 2 amide bonds. The minimum Gasteiger partial charge on any atom is -0.351 e. The number of carbonyl (C=O) groups excluding carboxylic acids is 2. The van der Waals surface area contributed by atoms with Crippen LogP contribution < -0.4 is 10.7 Å². The lowest BCUT2D eigenvalue weighted by Gasteiger charge is -2.20. The highest BCUT2D eigenvalue weighted by Gasteiger charge is 2.14. The van der Waals surface area contributed by atoms with Gasteiger partial charge in [-0.25, -0.2) is 5.43 Å². The second-order valence-electron chi connectivity index (χ2n) is 5.77. The van der Waals surface area contributed by atoms with Gasteiger partial charge in [-0.05, 0) is 45.9 Å². The summed E-state index contributed by atoms with van der Waals surface area (Å²) in [5.41, 5.74) is 3.05. The van der Waals surface area contributed by atoms with Gasteiger partial charge in [0.1, 0.15) is 0 Å². The third-order valence-corrected chi connectivity index (χ3v) is 2.60. The Balaban J connectivity index is 2.56. The van der Waals surface area contributed by atoms with E-state index in [-0.39, 0.29) is 23.8 Å². The van der Waals surface area contributed by atoms with Crippen LogP contribution >= 0.6 is 11.6 Å². The van der Waals surface area contributed by atoms with Gasteiger partial charge in [-0.15, -0.1) is 0 Å². The van der Waals surface area contributed by atoms with Crippen molar-refractivity contribution < 1.29 is 9.59 Å². The minimum absolute atomic E-state index is 0.132. The number of amides is 2. The molecule has 0 saturated carbocycles. The van der Waals surface area contributed by atoms with Gasteiger partial charge in [0.25, 0.3) is 5.91 Å². The maximum absolute atomic E-state index is 11.8. The highest BCUT2D eigenvalue weighted by atomic mass is 35.5. The molecule has 0 spiro atoms. The van der Waals surface area contributed by atoms with Crippen molar-refractivity contribution in [3.8, 4) is 0 Å². The number of hydrazone groups is 1. The van der Waals surface area contributed by atoms with Gasteiger partial charge < -0.3 is 5.32 Å². The Hall–Kier alpha value is -1.88. The molecule has 0 aromatic heterocycles. The summed E-state index contributed by atoms with van der Waals surface area (Å²) in [4.78, 5) is 23.5. The van der Waals surface area contributed by atoms with Crippen LogP contribution in [-0.4, -0.2) is 23.1 Å². The van der Waals surface area contributed by atoms with Crippen molar-refractivity contribution in [2.75, 3.05) is 0 Å². The monoisotopic (exact) mass is 309 g/mol. The number of carbonyl (C=O) groups is 2. The molecule has 0 aliphatic heterocycles. The van der Waals surface area contributed by atoms with Crippen molar-refractivity contribution in [1.82, 2.24) is 10.7 Å². The van der Waals surface area contributed by atoms with Crippen LogP contribution in [0.4, 0.5) is 0 Å². The first-order chi connectivity index (χ1) is 9.67. The summed E-state index contributed by atoms with van der Waals surface area (Å²) < 4.78 is 0. The normalized spacial score (nSPS) is 12.0. The lowest BCUT2D eigenvalue weighted by atomic mass is 10.1. The van der Waals surface area contributed by atoms with Crippen LogP contribution in [0.5, 0.6) is 0 Å². The Labute approximate surface area is 129 Å². The Bertz CT molecular complexity index is 562. The number of benzene rings is 1. The highest BCUT2D eigenvalue weighted by molar-refractivity contribution is 6.30. The topological polar surface area (TPSA) is 70.6 Å². The molecule has 1 aromatic carbocycles. The van der Waals surface area contributed by atoms with Crippen molar-refractivity contribution in [3.63, 3.8) is 0 Å². The zero-order valence-electron chi connectivity index (χ0n) is 12.7. The summed E-state index contributed by atoms with van der Waals surface area (Å²) in [7, 11) is 0. The molecular formula is C15H20ClN3O2. The van der Waals surface area contributed by atoms with Crippen LogP contribution in [0.15, 0.2) is 29.4 Å². The van der Waals surface area contributed by atoms with Crippen LogP contribution in [-0.2, 0) is 4.79 Å². The van der Waals surface area contributed by atoms with Crippen molar-refractivity contribution >= 4 is 29.1 Å². The first kappa shape index (κ1) is 17.2. The van der Waals surface area contributed by atoms with E-state index in [1.807, 2.05) is 20.8 Å². The fraction of sp³-hybridized carbons (Fsp3) is 0.400. The lowest BCUT2D eigenvalue weighted by molar-refractivity contribution is -0.121. The van der Waals surface area contributed by atoms with E-state index in [4.69, 9.17) is 11.6 Å². The minimum atomic E-state index is -0.368. The van der Waals surface area contributed by atoms with Crippen LogP contribution in [0.2, 0.25) is 5.02 Å². The number of hydrogen-bond acceptors (Lipinski definition) is 3. The molecule has 0 radical (unpaired) electrons. The first-order valence-electron chi connectivity index (χ1n) is 6.57. The molecule has 6 heteroatoms. The molecule has 0 unspecified atom stereocenters. The maximum atomic E-state index is 11.8. The molecule has 2 N–H and O–H groups in total. The summed E-state index contributed by atoms with van der Waals surface area (Å²) in [6.07, 6.45) is 0.132. The smallest absolute Gasteiger partial charge is 0.271 e.